The summed E-state index contributed by atoms with van der Waals surface area (Å²) >= 11 is 1.34. The van der Waals surface area contributed by atoms with Gasteiger partial charge in [-0.15, -0.1) is 0 Å². The van der Waals surface area contributed by atoms with E-state index in [-0.39, 0.29) is 23.7 Å². The lowest BCUT2D eigenvalue weighted by Gasteiger charge is -2.06. The Labute approximate surface area is 82.2 Å². The molecule has 0 spiro atoms. The Morgan fingerprint density at radius 2 is 2.08 bits per heavy atom. The van der Waals surface area contributed by atoms with E-state index in [0.29, 0.717) is 12.2 Å². The molecule has 0 aliphatic carbocycles. The van der Waals surface area contributed by atoms with E-state index in [9.17, 15) is 9.59 Å². The van der Waals surface area contributed by atoms with Crippen molar-refractivity contribution in [3.8, 4) is 0 Å². The SMILES string of the molecule is CC(C)OC(=O)CCSCC(N)=O. The molecular formula is C8H15NO3S. The van der Waals surface area contributed by atoms with Gasteiger partial charge in [0.15, 0.2) is 0 Å². The van der Waals surface area contributed by atoms with E-state index < -0.39 is 0 Å². The van der Waals surface area contributed by atoms with E-state index in [1.165, 1.54) is 11.8 Å². The zero-order valence-electron chi connectivity index (χ0n) is 7.91. The molecule has 0 saturated carbocycles. The molecule has 0 saturated heterocycles. The third-order valence-electron chi connectivity index (χ3n) is 1.06. The third kappa shape index (κ3) is 9.20. The average Bonchev–Trinajstić information content (AvgIpc) is 1.96. The average molecular weight is 205 g/mol. The molecule has 0 aliphatic heterocycles. The van der Waals surface area contributed by atoms with Crippen LogP contribution < -0.4 is 5.73 Å². The molecule has 0 aromatic heterocycles. The van der Waals surface area contributed by atoms with Gasteiger partial charge in [-0.25, -0.2) is 0 Å². The van der Waals surface area contributed by atoms with Crippen molar-refractivity contribution in [2.24, 2.45) is 5.73 Å². The molecule has 0 bridgehead atoms. The summed E-state index contributed by atoms with van der Waals surface area (Å²) in [5.74, 6) is 0.248. The summed E-state index contributed by atoms with van der Waals surface area (Å²) in [5, 5.41) is 0. The first kappa shape index (κ1) is 12.3. The normalized spacial score (nSPS) is 10.1. The van der Waals surface area contributed by atoms with E-state index in [4.69, 9.17) is 10.5 Å². The molecule has 13 heavy (non-hydrogen) atoms. The predicted octanol–water partition coefficient (Wildman–Crippen LogP) is 0.547. The molecule has 0 fully saturated rings. The maximum Gasteiger partial charge on any atom is 0.306 e. The third-order valence-corrected chi connectivity index (χ3v) is 2.04. The van der Waals surface area contributed by atoms with Crippen LogP contribution in [-0.4, -0.2) is 29.5 Å². The van der Waals surface area contributed by atoms with Crippen LogP contribution in [0.2, 0.25) is 0 Å². The first-order valence-corrected chi connectivity index (χ1v) is 5.23. The van der Waals surface area contributed by atoms with Crippen molar-refractivity contribution in [3.05, 3.63) is 0 Å². The highest BCUT2D eigenvalue weighted by Gasteiger charge is 2.05. The Kier molecular flexibility index (Phi) is 6.40. The van der Waals surface area contributed by atoms with Gasteiger partial charge in [-0.1, -0.05) is 0 Å². The number of hydrogen-bond donors (Lipinski definition) is 1. The largest absolute Gasteiger partial charge is 0.463 e. The number of carbonyl (C=O) groups excluding carboxylic acids is 2. The molecule has 0 radical (unpaired) electrons. The standard InChI is InChI=1S/C8H15NO3S/c1-6(2)12-8(11)3-4-13-5-7(9)10/h6H,3-5H2,1-2H3,(H2,9,10). The summed E-state index contributed by atoms with van der Waals surface area (Å²) in [7, 11) is 0. The molecule has 0 aromatic carbocycles. The van der Waals surface area contributed by atoms with Crippen molar-refractivity contribution < 1.29 is 14.3 Å². The number of carbonyl (C=O) groups is 2. The number of primary amides is 1. The number of esters is 1. The van der Waals surface area contributed by atoms with Gasteiger partial charge in [0.2, 0.25) is 5.91 Å². The van der Waals surface area contributed by atoms with E-state index in [0.717, 1.165) is 0 Å². The number of ether oxygens (including phenoxy) is 1. The molecule has 1 amide bonds. The summed E-state index contributed by atoms with van der Waals surface area (Å²) in [6.45, 7) is 3.60. The monoisotopic (exact) mass is 205 g/mol. The molecule has 0 heterocycles. The molecule has 0 aromatic rings. The lowest BCUT2D eigenvalue weighted by Crippen LogP contribution is -2.15. The van der Waals surface area contributed by atoms with Crippen LogP contribution in [0.4, 0.5) is 0 Å². The van der Waals surface area contributed by atoms with E-state index in [2.05, 4.69) is 0 Å². The Balaban J connectivity index is 3.32. The van der Waals surface area contributed by atoms with E-state index >= 15 is 0 Å². The molecule has 76 valence electrons. The number of rotatable bonds is 6. The zero-order chi connectivity index (χ0) is 10.3. The fourth-order valence-corrected chi connectivity index (χ4v) is 1.31. The van der Waals surface area contributed by atoms with Crippen molar-refractivity contribution in [2.45, 2.75) is 26.4 Å². The van der Waals surface area contributed by atoms with Crippen LogP contribution in [0.3, 0.4) is 0 Å². The van der Waals surface area contributed by atoms with Gasteiger partial charge < -0.3 is 10.5 Å². The summed E-state index contributed by atoms with van der Waals surface area (Å²) < 4.78 is 4.89. The molecule has 2 N–H and O–H groups in total. The summed E-state index contributed by atoms with van der Waals surface area (Å²) in [4.78, 5) is 21.3. The first-order chi connectivity index (χ1) is 6.02. The highest BCUT2D eigenvalue weighted by Crippen LogP contribution is 2.03. The molecular weight excluding hydrogens is 190 g/mol. The van der Waals surface area contributed by atoms with E-state index in [1.807, 2.05) is 0 Å². The van der Waals surface area contributed by atoms with Crippen LogP contribution in [0.5, 0.6) is 0 Å². The van der Waals surface area contributed by atoms with Crippen molar-refractivity contribution in [1.29, 1.82) is 0 Å². The lowest BCUT2D eigenvalue weighted by atomic mass is 10.4. The highest BCUT2D eigenvalue weighted by molar-refractivity contribution is 7.99. The fraction of sp³-hybridized carbons (Fsp3) is 0.750. The minimum Gasteiger partial charge on any atom is -0.463 e. The Morgan fingerprint density at radius 3 is 2.54 bits per heavy atom. The van der Waals surface area contributed by atoms with Gasteiger partial charge in [0, 0.05) is 5.75 Å². The van der Waals surface area contributed by atoms with Crippen LogP contribution in [0, 0.1) is 0 Å². The van der Waals surface area contributed by atoms with Crippen molar-refractivity contribution >= 4 is 23.6 Å². The van der Waals surface area contributed by atoms with Crippen LogP contribution >= 0.6 is 11.8 Å². The van der Waals surface area contributed by atoms with Crippen LogP contribution in [0.15, 0.2) is 0 Å². The molecule has 0 rings (SSSR count). The molecule has 0 aliphatic rings. The van der Waals surface area contributed by atoms with E-state index in [1.54, 1.807) is 13.8 Å². The molecule has 0 unspecified atom stereocenters. The Hall–Kier alpha value is -0.710. The first-order valence-electron chi connectivity index (χ1n) is 4.08. The Morgan fingerprint density at radius 1 is 1.46 bits per heavy atom. The van der Waals surface area contributed by atoms with Gasteiger partial charge in [-0.3, -0.25) is 9.59 Å². The summed E-state index contributed by atoms with van der Waals surface area (Å²) in [5.41, 5.74) is 4.91. The fourth-order valence-electron chi connectivity index (χ4n) is 0.650. The van der Waals surface area contributed by atoms with Crippen molar-refractivity contribution in [3.63, 3.8) is 0 Å². The summed E-state index contributed by atoms with van der Waals surface area (Å²) in [6, 6.07) is 0. The van der Waals surface area contributed by atoms with Crippen molar-refractivity contribution in [2.75, 3.05) is 11.5 Å². The Bertz CT molecular complexity index is 182. The number of thioether (sulfide) groups is 1. The van der Waals surface area contributed by atoms with Gasteiger partial charge in [0.25, 0.3) is 0 Å². The minimum atomic E-state index is -0.359. The topological polar surface area (TPSA) is 69.4 Å². The number of hydrogen-bond acceptors (Lipinski definition) is 4. The predicted molar refractivity (Wildman–Crippen MR) is 52.4 cm³/mol. The van der Waals surface area contributed by atoms with Gasteiger partial charge in [0.1, 0.15) is 0 Å². The van der Waals surface area contributed by atoms with Gasteiger partial charge in [-0.05, 0) is 13.8 Å². The van der Waals surface area contributed by atoms with Gasteiger partial charge in [0.05, 0.1) is 18.3 Å². The maximum absolute atomic E-state index is 10.9. The quantitative estimate of drug-likeness (QED) is 0.507. The second-order valence-electron chi connectivity index (χ2n) is 2.81. The molecule has 0 atom stereocenters. The van der Waals surface area contributed by atoms with Gasteiger partial charge >= 0.3 is 5.97 Å². The molecule has 4 nitrogen and oxygen atoms in total. The summed E-state index contributed by atoms with van der Waals surface area (Å²) in [6.07, 6.45) is 0.254. The second kappa shape index (κ2) is 6.77. The molecule has 5 heteroatoms. The minimum absolute atomic E-state index is 0.0753. The second-order valence-corrected chi connectivity index (χ2v) is 3.91. The smallest absolute Gasteiger partial charge is 0.306 e. The van der Waals surface area contributed by atoms with Crippen LogP contribution in [-0.2, 0) is 14.3 Å². The lowest BCUT2D eigenvalue weighted by molar-refractivity contribution is -0.146. The van der Waals surface area contributed by atoms with Crippen LogP contribution in [0.25, 0.3) is 0 Å². The van der Waals surface area contributed by atoms with Gasteiger partial charge in [-0.2, -0.15) is 11.8 Å². The zero-order valence-corrected chi connectivity index (χ0v) is 8.73. The maximum atomic E-state index is 10.9. The number of nitrogens with two attached hydrogens (primary N) is 1. The van der Waals surface area contributed by atoms with Crippen LogP contribution in [0.1, 0.15) is 20.3 Å². The highest BCUT2D eigenvalue weighted by atomic mass is 32.2. The van der Waals surface area contributed by atoms with Crippen molar-refractivity contribution in [1.82, 2.24) is 0 Å². The number of amides is 1.